The molecule has 1 aliphatic carbocycles. The van der Waals surface area contributed by atoms with Crippen LogP contribution in [0.1, 0.15) is 32.6 Å². The molecular weight excluding hydrogens is 378 g/mol. The van der Waals surface area contributed by atoms with Crippen molar-refractivity contribution in [3.63, 3.8) is 0 Å². The van der Waals surface area contributed by atoms with Gasteiger partial charge in [0.1, 0.15) is 11.8 Å². The molecule has 1 saturated carbocycles. The van der Waals surface area contributed by atoms with Crippen LogP contribution in [0.15, 0.2) is 21.5 Å². The van der Waals surface area contributed by atoms with Gasteiger partial charge in [0.25, 0.3) is 5.56 Å². The lowest BCUT2D eigenvalue weighted by Crippen LogP contribution is -2.51. The predicted octanol–water partition coefficient (Wildman–Crippen LogP) is 0.662. The highest BCUT2D eigenvalue weighted by Crippen LogP contribution is 2.28. The van der Waals surface area contributed by atoms with Crippen LogP contribution in [-0.4, -0.2) is 39.9 Å². The van der Waals surface area contributed by atoms with Gasteiger partial charge in [-0.25, -0.2) is 0 Å². The Labute approximate surface area is 149 Å². The Bertz CT molecular complexity index is 639. The molecule has 1 aromatic heterocycles. The van der Waals surface area contributed by atoms with Crippen LogP contribution in [0.3, 0.4) is 0 Å². The van der Waals surface area contributed by atoms with Crippen LogP contribution < -0.4 is 21.3 Å². The molecule has 1 amide bonds. The fourth-order valence-electron chi connectivity index (χ4n) is 2.69. The number of aliphatic hydroxyl groups excluding tert-OH is 1. The van der Waals surface area contributed by atoms with Gasteiger partial charge in [-0.2, -0.15) is 0 Å². The Balaban J connectivity index is 1.86. The monoisotopic (exact) mass is 401 g/mol. The maximum absolute atomic E-state index is 11.9. The van der Waals surface area contributed by atoms with Gasteiger partial charge in [-0.3, -0.25) is 9.59 Å². The number of nitrogens with one attached hydrogen (secondary N) is 1. The molecule has 2 rings (SSSR count). The largest absolute Gasteiger partial charge is 0.489 e. The molecule has 0 saturated heterocycles. The van der Waals surface area contributed by atoms with Crippen molar-refractivity contribution in [2.24, 2.45) is 12.8 Å². The SMILES string of the molecule is CC(O)[C@H](N)C(=O)NC1CCC(Oc2cc(=O)n(C)cc2Br)CC1. The zero-order valence-electron chi connectivity index (χ0n) is 13.9. The number of nitrogens with zero attached hydrogens (tertiary/aromatic N) is 1. The van der Waals surface area contributed by atoms with Crippen LogP contribution in [0, 0.1) is 0 Å². The summed E-state index contributed by atoms with van der Waals surface area (Å²) in [5.41, 5.74) is 5.50. The lowest BCUT2D eigenvalue weighted by molar-refractivity contribution is -0.125. The first-order valence-corrected chi connectivity index (χ1v) is 8.84. The van der Waals surface area contributed by atoms with Gasteiger partial charge in [0.2, 0.25) is 5.91 Å². The number of ether oxygens (including phenoxy) is 1. The first-order chi connectivity index (χ1) is 11.3. The number of aliphatic hydroxyl groups is 1. The molecule has 8 heteroatoms. The van der Waals surface area contributed by atoms with E-state index in [2.05, 4.69) is 21.2 Å². The summed E-state index contributed by atoms with van der Waals surface area (Å²) in [5.74, 6) is 0.213. The summed E-state index contributed by atoms with van der Waals surface area (Å²) in [5, 5.41) is 12.2. The van der Waals surface area contributed by atoms with E-state index in [-0.39, 0.29) is 23.6 Å². The zero-order valence-corrected chi connectivity index (χ0v) is 15.5. The highest BCUT2D eigenvalue weighted by molar-refractivity contribution is 9.10. The van der Waals surface area contributed by atoms with Crippen molar-refractivity contribution >= 4 is 21.8 Å². The van der Waals surface area contributed by atoms with Gasteiger partial charge in [-0.1, -0.05) is 0 Å². The number of amides is 1. The van der Waals surface area contributed by atoms with E-state index in [4.69, 9.17) is 10.5 Å². The molecular formula is C16H24BrN3O4. The zero-order chi connectivity index (χ0) is 17.9. The number of hydrogen-bond donors (Lipinski definition) is 3. The first-order valence-electron chi connectivity index (χ1n) is 8.04. The summed E-state index contributed by atoms with van der Waals surface area (Å²) in [7, 11) is 1.68. The lowest BCUT2D eigenvalue weighted by Gasteiger charge is -2.30. The van der Waals surface area contributed by atoms with E-state index in [9.17, 15) is 14.7 Å². The number of nitrogens with two attached hydrogens (primary N) is 1. The van der Waals surface area contributed by atoms with Gasteiger partial charge < -0.3 is 25.5 Å². The van der Waals surface area contributed by atoms with Gasteiger partial charge in [0.15, 0.2) is 0 Å². The second-order valence-corrected chi connectivity index (χ2v) is 7.16. The summed E-state index contributed by atoms with van der Waals surface area (Å²) >= 11 is 3.40. The molecule has 1 heterocycles. The minimum Gasteiger partial charge on any atom is -0.489 e. The Morgan fingerprint density at radius 1 is 1.46 bits per heavy atom. The van der Waals surface area contributed by atoms with Crippen molar-refractivity contribution in [1.82, 2.24) is 9.88 Å². The molecule has 0 bridgehead atoms. The van der Waals surface area contributed by atoms with E-state index in [0.29, 0.717) is 5.75 Å². The van der Waals surface area contributed by atoms with Crippen molar-refractivity contribution in [1.29, 1.82) is 0 Å². The number of halogens is 1. The van der Waals surface area contributed by atoms with Crippen molar-refractivity contribution in [2.75, 3.05) is 0 Å². The molecule has 1 fully saturated rings. The number of carbonyl (C=O) groups excluding carboxylic acids is 1. The van der Waals surface area contributed by atoms with Gasteiger partial charge in [-0.05, 0) is 48.5 Å². The Morgan fingerprint density at radius 3 is 2.67 bits per heavy atom. The van der Waals surface area contributed by atoms with Crippen molar-refractivity contribution in [3.8, 4) is 5.75 Å². The second kappa shape index (κ2) is 8.13. The fraction of sp³-hybridized carbons (Fsp3) is 0.625. The number of pyridine rings is 1. The molecule has 134 valence electrons. The molecule has 1 aromatic rings. The Kier molecular flexibility index (Phi) is 6.42. The van der Waals surface area contributed by atoms with Crippen molar-refractivity contribution < 1.29 is 14.6 Å². The molecule has 0 radical (unpaired) electrons. The van der Waals surface area contributed by atoms with Gasteiger partial charge in [0.05, 0.1) is 16.7 Å². The van der Waals surface area contributed by atoms with Crippen molar-refractivity contribution in [2.45, 2.75) is 56.9 Å². The standard InChI is InChI=1S/C16H24BrN3O4/c1-9(21)15(18)16(23)19-10-3-5-11(6-4-10)24-13-7-14(22)20(2)8-12(13)17/h7-11,15,21H,3-6,18H2,1-2H3,(H,19,23)/t9?,10?,11?,15-/m0/s1. The molecule has 7 nitrogen and oxygen atoms in total. The summed E-state index contributed by atoms with van der Waals surface area (Å²) in [6.45, 7) is 1.50. The third kappa shape index (κ3) is 4.81. The van der Waals surface area contributed by atoms with Crippen LogP contribution in [-0.2, 0) is 11.8 Å². The first kappa shape index (κ1) is 19.0. The highest BCUT2D eigenvalue weighted by Gasteiger charge is 2.27. The molecule has 0 aromatic carbocycles. The van der Waals surface area contributed by atoms with Crippen LogP contribution in [0.5, 0.6) is 5.75 Å². The highest BCUT2D eigenvalue weighted by atomic mass is 79.9. The van der Waals surface area contributed by atoms with E-state index in [1.54, 1.807) is 13.2 Å². The van der Waals surface area contributed by atoms with Crippen LogP contribution >= 0.6 is 15.9 Å². The van der Waals surface area contributed by atoms with Crippen molar-refractivity contribution in [3.05, 3.63) is 27.1 Å². The summed E-state index contributed by atoms with van der Waals surface area (Å²) < 4.78 is 8.14. The summed E-state index contributed by atoms with van der Waals surface area (Å²) in [6.07, 6.45) is 3.90. The molecule has 24 heavy (non-hydrogen) atoms. The summed E-state index contributed by atoms with van der Waals surface area (Å²) in [4.78, 5) is 23.6. The molecule has 1 aliphatic rings. The van der Waals surface area contributed by atoms with E-state index in [0.717, 1.165) is 30.2 Å². The Morgan fingerprint density at radius 2 is 2.08 bits per heavy atom. The van der Waals surface area contributed by atoms with E-state index < -0.39 is 12.1 Å². The number of carbonyl (C=O) groups is 1. The minimum atomic E-state index is -0.907. The lowest BCUT2D eigenvalue weighted by atomic mass is 9.92. The number of rotatable bonds is 5. The molecule has 1 unspecified atom stereocenters. The van der Waals surface area contributed by atoms with E-state index >= 15 is 0 Å². The topological polar surface area (TPSA) is 107 Å². The molecule has 4 N–H and O–H groups in total. The number of hydrogen-bond acceptors (Lipinski definition) is 5. The quantitative estimate of drug-likeness (QED) is 0.671. The maximum Gasteiger partial charge on any atom is 0.254 e. The smallest absolute Gasteiger partial charge is 0.254 e. The van der Waals surface area contributed by atoms with Gasteiger partial charge in [-0.15, -0.1) is 0 Å². The van der Waals surface area contributed by atoms with E-state index in [1.165, 1.54) is 17.6 Å². The third-order valence-corrected chi connectivity index (χ3v) is 4.88. The van der Waals surface area contributed by atoms with E-state index in [1.807, 2.05) is 0 Å². The average molecular weight is 402 g/mol. The third-order valence-electron chi connectivity index (χ3n) is 4.28. The van der Waals surface area contributed by atoms with Crippen LogP contribution in [0.25, 0.3) is 0 Å². The summed E-state index contributed by atoms with van der Waals surface area (Å²) in [6, 6.07) is 0.601. The van der Waals surface area contributed by atoms with Gasteiger partial charge >= 0.3 is 0 Å². The molecule has 0 aliphatic heterocycles. The average Bonchev–Trinajstić information content (AvgIpc) is 2.53. The predicted molar refractivity (Wildman–Crippen MR) is 93.9 cm³/mol. The minimum absolute atomic E-state index is 0.00648. The van der Waals surface area contributed by atoms with Crippen LogP contribution in [0.4, 0.5) is 0 Å². The van der Waals surface area contributed by atoms with Crippen LogP contribution in [0.2, 0.25) is 0 Å². The fourth-order valence-corrected chi connectivity index (χ4v) is 3.21. The van der Waals surface area contributed by atoms with Gasteiger partial charge in [0, 0.05) is 25.4 Å². The normalized spacial score (nSPS) is 23.4. The second-order valence-electron chi connectivity index (χ2n) is 6.30. The molecule has 0 spiro atoms. The number of aryl methyl sites for hydroxylation is 1. The number of aromatic nitrogens is 1. The Hall–Kier alpha value is -1.38. The molecule has 2 atom stereocenters. The maximum atomic E-state index is 11.9.